The van der Waals surface area contributed by atoms with Crippen LogP contribution in [0, 0.1) is 0 Å². The highest BCUT2D eigenvalue weighted by atomic mass is 16.5. The lowest BCUT2D eigenvalue weighted by molar-refractivity contribution is 0.0731. The second-order valence-corrected chi connectivity index (χ2v) is 6.68. The van der Waals surface area contributed by atoms with Crippen LogP contribution in [0.2, 0.25) is 0 Å². The Bertz CT molecular complexity index is 907. The van der Waals surface area contributed by atoms with Crippen LogP contribution in [0.5, 0.6) is 5.75 Å². The molecule has 1 heterocycles. The predicted octanol–water partition coefficient (Wildman–Crippen LogP) is 3.99. The zero-order valence-electron chi connectivity index (χ0n) is 14.6. The summed E-state index contributed by atoms with van der Waals surface area (Å²) in [6, 6.07) is 16.4. The van der Waals surface area contributed by atoms with Gasteiger partial charge in [-0.25, -0.2) is 0 Å². The molecule has 0 spiro atoms. The Morgan fingerprint density at radius 1 is 1.16 bits per heavy atom. The minimum absolute atomic E-state index is 0.120. The first-order valence-corrected chi connectivity index (χ1v) is 8.65. The molecule has 1 aromatic heterocycles. The Hall–Kier alpha value is -2.75. The van der Waals surface area contributed by atoms with E-state index in [0.717, 1.165) is 40.6 Å². The van der Waals surface area contributed by atoms with Crippen molar-refractivity contribution >= 4 is 16.8 Å². The van der Waals surface area contributed by atoms with Gasteiger partial charge < -0.3 is 14.2 Å². The summed E-state index contributed by atoms with van der Waals surface area (Å²) in [4.78, 5) is 15.3. The van der Waals surface area contributed by atoms with Crippen molar-refractivity contribution < 1.29 is 9.53 Å². The molecule has 1 amide bonds. The van der Waals surface area contributed by atoms with E-state index < -0.39 is 0 Å². The number of fused-ring (bicyclic) bond motifs is 1. The fraction of sp³-hybridized carbons (Fsp3) is 0.286. The fourth-order valence-corrected chi connectivity index (χ4v) is 3.35. The van der Waals surface area contributed by atoms with Crippen molar-refractivity contribution in [2.24, 2.45) is 7.05 Å². The molecule has 0 atom stereocenters. The van der Waals surface area contributed by atoms with Gasteiger partial charge in [0.1, 0.15) is 5.75 Å². The van der Waals surface area contributed by atoms with Gasteiger partial charge in [-0.3, -0.25) is 4.79 Å². The molecule has 0 N–H and O–H groups in total. The molecule has 0 radical (unpaired) electrons. The van der Waals surface area contributed by atoms with Gasteiger partial charge in [-0.05, 0) is 36.6 Å². The van der Waals surface area contributed by atoms with E-state index in [4.69, 9.17) is 4.74 Å². The number of ether oxygens (including phenoxy) is 1. The van der Waals surface area contributed by atoms with Crippen LogP contribution in [-0.4, -0.2) is 28.5 Å². The Morgan fingerprint density at radius 2 is 1.88 bits per heavy atom. The number of hydrogen-bond donors (Lipinski definition) is 0. The van der Waals surface area contributed by atoms with E-state index in [2.05, 4.69) is 6.07 Å². The number of aromatic nitrogens is 1. The first-order valence-electron chi connectivity index (χ1n) is 8.65. The summed E-state index contributed by atoms with van der Waals surface area (Å²) >= 11 is 0. The molecule has 0 aliphatic heterocycles. The average Bonchev–Trinajstić information content (AvgIpc) is 3.44. The summed E-state index contributed by atoms with van der Waals surface area (Å²) in [5.41, 5.74) is 3.01. The summed E-state index contributed by atoms with van der Waals surface area (Å²) in [5, 5.41) is 1.02. The molecule has 1 aliphatic rings. The third-order valence-electron chi connectivity index (χ3n) is 4.89. The minimum atomic E-state index is 0.120. The van der Waals surface area contributed by atoms with Crippen molar-refractivity contribution in [2.45, 2.75) is 25.4 Å². The standard InChI is InChI=1S/C21H22N2O2/c1-22-14-19(18-5-3-4-6-20(18)22)21(24)23(16-9-10-16)13-15-7-11-17(25-2)12-8-15/h3-8,11-12,14,16H,9-10,13H2,1-2H3. The molecule has 3 aromatic rings. The first-order chi connectivity index (χ1) is 12.2. The molecule has 0 saturated heterocycles. The van der Waals surface area contributed by atoms with Crippen LogP contribution in [0.4, 0.5) is 0 Å². The summed E-state index contributed by atoms with van der Waals surface area (Å²) in [7, 11) is 3.65. The van der Waals surface area contributed by atoms with Crippen molar-refractivity contribution in [2.75, 3.05) is 7.11 Å². The van der Waals surface area contributed by atoms with Gasteiger partial charge in [0.15, 0.2) is 0 Å². The highest BCUT2D eigenvalue weighted by molar-refractivity contribution is 6.07. The molecule has 4 nitrogen and oxygen atoms in total. The number of para-hydroxylation sites is 1. The lowest BCUT2D eigenvalue weighted by atomic mass is 10.1. The number of rotatable bonds is 5. The molecule has 1 aliphatic carbocycles. The Morgan fingerprint density at radius 3 is 2.56 bits per heavy atom. The Labute approximate surface area is 147 Å². The largest absolute Gasteiger partial charge is 0.497 e. The number of nitrogens with zero attached hydrogens (tertiary/aromatic N) is 2. The molecule has 2 aromatic carbocycles. The van der Waals surface area contributed by atoms with E-state index >= 15 is 0 Å². The molecule has 4 rings (SSSR count). The van der Waals surface area contributed by atoms with Crippen LogP contribution in [0.25, 0.3) is 10.9 Å². The van der Waals surface area contributed by atoms with E-state index in [0.29, 0.717) is 12.6 Å². The number of amides is 1. The van der Waals surface area contributed by atoms with Crippen molar-refractivity contribution in [1.29, 1.82) is 0 Å². The molecule has 0 unspecified atom stereocenters. The highest BCUT2D eigenvalue weighted by Gasteiger charge is 2.34. The predicted molar refractivity (Wildman–Crippen MR) is 98.8 cm³/mol. The number of aryl methyl sites for hydroxylation is 1. The van der Waals surface area contributed by atoms with Gasteiger partial charge in [0.05, 0.1) is 12.7 Å². The van der Waals surface area contributed by atoms with Crippen molar-refractivity contribution in [3.63, 3.8) is 0 Å². The van der Waals surface area contributed by atoms with Crippen LogP contribution in [0.15, 0.2) is 54.7 Å². The van der Waals surface area contributed by atoms with Crippen LogP contribution in [0.3, 0.4) is 0 Å². The normalized spacial score (nSPS) is 13.8. The average molecular weight is 334 g/mol. The minimum Gasteiger partial charge on any atom is -0.497 e. The van der Waals surface area contributed by atoms with Crippen molar-refractivity contribution in [1.82, 2.24) is 9.47 Å². The van der Waals surface area contributed by atoms with Crippen molar-refractivity contribution in [3.05, 3.63) is 65.9 Å². The number of carbonyl (C=O) groups excluding carboxylic acids is 1. The lowest BCUT2D eigenvalue weighted by Gasteiger charge is -2.22. The van der Waals surface area contributed by atoms with Gasteiger partial charge >= 0.3 is 0 Å². The van der Waals surface area contributed by atoms with Crippen LogP contribution < -0.4 is 4.74 Å². The van der Waals surface area contributed by atoms with Gasteiger partial charge in [-0.1, -0.05) is 30.3 Å². The van der Waals surface area contributed by atoms with E-state index in [-0.39, 0.29) is 5.91 Å². The number of methoxy groups -OCH3 is 1. The molecule has 128 valence electrons. The molecule has 1 saturated carbocycles. The maximum Gasteiger partial charge on any atom is 0.256 e. The molecular formula is C21H22N2O2. The topological polar surface area (TPSA) is 34.5 Å². The number of hydrogen-bond acceptors (Lipinski definition) is 2. The molecule has 1 fully saturated rings. The lowest BCUT2D eigenvalue weighted by Crippen LogP contribution is -2.32. The van der Waals surface area contributed by atoms with E-state index in [9.17, 15) is 4.79 Å². The van der Waals surface area contributed by atoms with E-state index in [1.54, 1.807) is 7.11 Å². The third-order valence-corrected chi connectivity index (χ3v) is 4.89. The van der Waals surface area contributed by atoms with Gasteiger partial charge in [-0.15, -0.1) is 0 Å². The third kappa shape index (κ3) is 3.00. The quantitative estimate of drug-likeness (QED) is 0.707. The van der Waals surface area contributed by atoms with Gasteiger partial charge in [0.25, 0.3) is 5.91 Å². The smallest absolute Gasteiger partial charge is 0.256 e. The fourth-order valence-electron chi connectivity index (χ4n) is 3.35. The maximum atomic E-state index is 13.3. The zero-order valence-corrected chi connectivity index (χ0v) is 14.6. The summed E-state index contributed by atoms with van der Waals surface area (Å²) in [6.07, 6.45) is 4.13. The van der Waals surface area contributed by atoms with Crippen LogP contribution in [0.1, 0.15) is 28.8 Å². The molecule has 0 bridgehead atoms. The second-order valence-electron chi connectivity index (χ2n) is 6.68. The summed E-state index contributed by atoms with van der Waals surface area (Å²) < 4.78 is 7.25. The van der Waals surface area contributed by atoms with Crippen LogP contribution >= 0.6 is 0 Å². The highest BCUT2D eigenvalue weighted by Crippen LogP contribution is 2.32. The van der Waals surface area contributed by atoms with Gasteiger partial charge in [-0.2, -0.15) is 0 Å². The number of benzene rings is 2. The van der Waals surface area contributed by atoms with Crippen LogP contribution in [-0.2, 0) is 13.6 Å². The number of carbonyl (C=O) groups is 1. The first kappa shape index (κ1) is 15.8. The molecule has 4 heteroatoms. The van der Waals surface area contributed by atoms with Crippen molar-refractivity contribution in [3.8, 4) is 5.75 Å². The van der Waals surface area contributed by atoms with Gasteiger partial charge in [0, 0.05) is 36.7 Å². The Balaban J connectivity index is 1.64. The summed E-state index contributed by atoms with van der Waals surface area (Å²) in [6.45, 7) is 0.636. The SMILES string of the molecule is COc1ccc(CN(C(=O)c2cn(C)c3ccccc23)C2CC2)cc1. The van der Waals surface area contributed by atoms with Gasteiger partial charge in [0.2, 0.25) is 0 Å². The molecular weight excluding hydrogens is 312 g/mol. The van der Waals surface area contributed by atoms with E-state index in [1.165, 1.54) is 0 Å². The summed E-state index contributed by atoms with van der Waals surface area (Å²) in [5.74, 6) is 0.956. The maximum absolute atomic E-state index is 13.3. The zero-order chi connectivity index (χ0) is 17.4. The Kier molecular flexibility index (Phi) is 3.96. The molecule has 25 heavy (non-hydrogen) atoms. The van der Waals surface area contributed by atoms with E-state index in [1.807, 2.05) is 65.2 Å². The monoisotopic (exact) mass is 334 g/mol. The second kappa shape index (κ2) is 6.28.